The molecule has 1 heterocycles. The van der Waals surface area contributed by atoms with Crippen LogP contribution in [0.25, 0.3) is 0 Å². The predicted molar refractivity (Wildman–Crippen MR) is 55.0 cm³/mol. The Balaban J connectivity index is 2.50. The van der Waals surface area contributed by atoms with Crippen LogP contribution in [-0.4, -0.2) is 38.3 Å². The van der Waals surface area contributed by atoms with E-state index in [4.69, 9.17) is 9.47 Å². The lowest BCUT2D eigenvalue weighted by molar-refractivity contribution is 0.0936. The van der Waals surface area contributed by atoms with Crippen molar-refractivity contribution in [2.75, 3.05) is 27.4 Å². The number of rotatable bonds is 5. The summed E-state index contributed by atoms with van der Waals surface area (Å²) in [4.78, 5) is 15.4. The summed E-state index contributed by atoms with van der Waals surface area (Å²) in [6.07, 6.45) is 1.47. The molecule has 0 radical (unpaired) electrons. The first-order chi connectivity index (χ1) is 7.27. The summed E-state index contributed by atoms with van der Waals surface area (Å²) in [5.41, 5.74) is 0.506. The van der Waals surface area contributed by atoms with E-state index in [0.29, 0.717) is 24.6 Å². The molecule has 1 amide bonds. The summed E-state index contributed by atoms with van der Waals surface area (Å²) in [5.74, 6) is 0.325. The Bertz CT molecular complexity index is 311. The van der Waals surface area contributed by atoms with Crippen LogP contribution in [0.2, 0.25) is 0 Å². The second-order valence-corrected chi connectivity index (χ2v) is 2.84. The fraction of sp³-hybridized carbons (Fsp3) is 0.400. The first-order valence-corrected chi connectivity index (χ1v) is 4.55. The third kappa shape index (κ3) is 3.55. The van der Waals surface area contributed by atoms with Crippen LogP contribution in [0.5, 0.6) is 5.88 Å². The topological polar surface area (TPSA) is 60.5 Å². The highest BCUT2D eigenvalue weighted by atomic mass is 16.5. The van der Waals surface area contributed by atoms with Crippen LogP contribution in [0, 0.1) is 0 Å². The first-order valence-electron chi connectivity index (χ1n) is 4.55. The number of nitrogens with one attached hydrogen (secondary N) is 1. The quantitative estimate of drug-likeness (QED) is 0.717. The molecule has 5 heteroatoms. The van der Waals surface area contributed by atoms with Gasteiger partial charge in [0.1, 0.15) is 0 Å². The highest BCUT2D eigenvalue weighted by molar-refractivity contribution is 5.93. The molecule has 5 nitrogen and oxygen atoms in total. The van der Waals surface area contributed by atoms with Crippen LogP contribution in [0.3, 0.4) is 0 Å². The lowest BCUT2D eigenvalue weighted by atomic mass is 10.2. The number of aromatic nitrogens is 1. The molecule has 0 saturated carbocycles. The van der Waals surface area contributed by atoms with E-state index < -0.39 is 0 Å². The zero-order chi connectivity index (χ0) is 11.1. The number of methoxy groups -OCH3 is 2. The molecule has 0 aromatic carbocycles. The van der Waals surface area contributed by atoms with Crippen LogP contribution >= 0.6 is 0 Å². The van der Waals surface area contributed by atoms with Crippen molar-refractivity contribution >= 4 is 5.91 Å². The van der Waals surface area contributed by atoms with Crippen LogP contribution in [0.15, 0.2) is 18.3 Å². The maximum absolute atomic E-state index is 11.5. The molecular weight excluding hydrogens is 196 g/mol. The van der Waals surface area contributed by atoms with Gasteiger partial charge in [0.2, 0.25) is 5.88 Å². The average Bonchev–Trinajstić information content (AvgIpc) is 2.29. The highest BCUT2D eigenvalue weighted by Crippen LogP contribution is 2.06. The lowest BCUT2D eigenvalue weighted by Gasteiger charge is -2.04. The van der Waals surface area contributed by atoms with Gasteiger partial charge in [0, 0.05) is 25.9 Å². The van der Waals surface area contributed by atoms with E-state index in [1.807, 2.05) is 0 Å². The predicted octanol–water partition coefficient (Wildman–Crippen LogP) is 0.466. The highest BCUT2D eigenvalue weighted by Gasteiger charge is 2.04. The second-order valence-electron chi connectivity index (χ2n) is 2.84. The molecule has 1 aromatic heterocycles. The van der Waals surface area contributed by atoms with E-state index in [1.54, 1.807) is 19.2 Å². The number of pyridine rings is 1. The number of amides is 1. The average molecular weight is 210 g/mol. The van der Waals surface area contributed by atoms with Crippen LogP contribution < -0.4 is 10.1 Å². The van der Waals surface area contributed by atoms with Gasteiger partial charge in [0.25, 0.3) is 5.91 Å². The maximum Gasteiger partial charge on any atom is 0.252 e. The third-order valence-corrected chi connectivity index (χ3v) is 1.80. The van der Waals surface area contributed by atoms with E-state index in [2.05, 4.69) is 10.3 Å². The maximum atomic E-state index is 11.5. The number of ether oxygens (including phenoxy) is 2. The molecule has 0 fully saturated rings. The molecule has 0 spiro atoms. The molecule has 1 N–H and O–H groups in total. The minimum atomic E-state index is -0.165. The molecule has 15 heavy (non-hydrogen) atoms. The van der Waals surface area contributed by atoms with Crippen molar-refractivity contribution in [3.63, 3.8) is 0 Å². The van der Waals surface area contributed by atoms with Crippen molar-refractivity contribution in [2.45, 2.75) is 0 Å². The molecule has 0 aliphatic heterocycles. The van der Waals surface area contributed by atoms with Gasteiger partial charge in [0.15, 0.2) is 0 Å². The summed E-state index contributed by atoms with van der Waals surface area (Å²) in [6.45, 7) is 0.983. The Hall–Kier alpha value is -1.62. The van der Waals surface area contributed by atoms with E-state index >= 15 is 0 Å². The van der Waals surface area contributed by atoms with E-state index in [1.165, 1.54) is 13.3 Å². The molecule has 0 atom stereocenters. The van der Waals surface area contributed by atoms with Gasteiger partial charge in [-0.25, -0.2) is 4.98 Å². The molecule has 0 aliphatic rings. The summed E-state index contributed by atoms with van der Waals surface area (Å²) in [5, 5.41) is 2.69. The molecule has 0 saturated heterocycles. The Morgan fingerprint density at radius 2 is 2.27 bits per heavy atom. The second kappa shape index (κ2) is 5.98. The summed E-state index contributed by atoms with van der Waals surface area (Å²) in [6, 6.07) is 3.30. The van der Waals surface area contributed by atoms with Crippen LogP contribution in [0.1, 0.15) is 10.4 Å². The number of hydrogen-bond donors (Lipinski definition) is 1. The van der Waals surface area contributed by atoms with Crippen molar-refractivity contribution in [2.24, 2.45) is 0 Å². The third-order valence-electron chi connectivity index (χ3n) is 1.80. The summed E-state index contributed by atoms with van der Waals surface area (Å²) < 4.78 is 9.70. The smallest absolute Gasteiger partial charge is 0.252 e. The lowest BCUT2D eigenvalue weighted by Crippen LogP contribution is -2.26. The van der Waals surface area contributed by atoms with Crippen molar-refractivity contribution in [3.05, 3.63) is 23.9 Å². The zero-order valence-corrected chi connectivity index (χ0v) is 8.82. The number of carbonyl (C=O) groups excluding carboxylic acids is 1. The van der Waals surface area contributed by atoms with Crippen LogP contribution in [0.4, 0.5) is 0 Å². The van der Waals surface area contributed by atoms with Gasteiger partial charge in [-0.3, -0.25) is 4.79 Å². The van der Waals surface area contributed by atoms with Crippen LogP contribution in [-0.2, 0) is 4.74 Å². The summed E-state index contributed by atoms with van der Waals surface area (Å²) in [7, 11) is 3.11. The number of hydrogen-bond acceptors (Lipinski definition) is 4. The van der Waals surface area contributed by atoms with Crippen molar-refractivity contribution in [1.29, 1.82) is 0 Å². The number of carbonyl (C=O) groups is 1. The Morgan fingerprint density at radius 3 is 2.80 bits per heavy atom. The molecule has 1 aromatic rings. The zero-order valence-electron chi connectivity index (χ0n) is 8.82. The van der Waals surface area contributed by atoms with Gasteiger partial charge in [-0.05, 0) is 6.07 Å². The van der Waals surface area contributed by atoms with E-state index in [9.17, 15) is 4.79 Å². The largest absolute Gasteiger partial charge is 0.481 e. The SMILES string of the molecule is COCCNC(=O)c1ccc(OC)nc1. The van der Waals surface area contributed by atoms with Crippen molar-refractivity contribution in [1.82, 2.24) is 10.3 Å². The van der Waals surface area contributed by atoms with E-state index in [-0.39, 0.29) is 5.91 Å². The minimum absolute atomic E-state index is 0.165. The van der Waals surface area contributed by atoms with Gasteiger partial charge < -0.3 is 14.8 Å². The fourth-order valence-corrected chi connectivity index (χ4v) is 1.00. The summed E-state index contributed by atoms with van der Waals surface area (Å²) >= 11 is 0. The molecule has 0 aliphatic carbocycles. The van der Waals surface area contributed by atoms with Gasteiger partial charge in [-0.2, -0.15) is 0 Å². The fourth-order valence-electron chi connectivity index (χ4n) is 1.00. The van der Waals surface area contributed by atoms with Crippen molar-refractivity contribution < 1.29 is 14.3 Å². The van der Waals surface area contributed by atoms with E-state index in [0.717, 1.165) is 0 Å². The minimum Gasteiger partial charge on any atom is -0.481 e. The van der Waals surface area contributed by atoms with Gasteiger partial charge >= 0.3 is 0 Å². The monoisotopic (exact) mass is 210 g/mol. The molecule has 0 unspecified atom stereocenters. The van der Waals surface area contributed by atoms with Gasteiger partial charge in [-0.15, -0.1) is 0 Å². The standard InChI is InChI=1S/C10H14N2O3/c1-14-6-5-11-10(13)8-3-4-9(15-2)12-7-8/h3-4,7H,5-6H2,1-2H3,(H,11,13). The number of nitrogens with zero attached hydrogens (tertiary/aromatic N) is 1. The normalized spacial score (nSPS) is 9.73. The molecule has 0 bridgehead atoms. The van der Waals surface area contributed by atoms with Gasteiger partial charge in [-0.1, -0.05) is 0 Å². The Kier molecular flexibility index (Phi) is 4.56. The van der Waals surface area contributed by atoms with Gasteiger partial charge in [0.05, 0.1) is 19.3 Å². The molecule has 82 valence electrons. The van der Waals surface area contributed by atoms with Crippen molar-refractivity contribution in [3.8, 4) is 5.88 Å². The first kappa shape index (κ1) is 11.5. The Labute approximate surface area is 88.4 Å². The Morgan fingerprint density at radius 1 is 1.47 bits per heavy atom. The molecular formula is C10H14N2O3. The molecule has 1 rings (SSSR count).